The number of rotatable bonds is 2. The minimum absolute atomic E-state index is 0.0184. The molecule has 1 aromatic rings. The zero-order valence-corrected chi connectivity index (χ0v) is 9.36. The van der Waals surface area contributed by atoms with E-state index in [-0.39, 0.29) is 17.3 Å². The van der Waals surface area contributed by atoms with E-state index in [1.54, 1.807) is 0 Å². The van der Waals surface area contributed by atoms with Crippen molar-refractivity contribution in [3.63, 3.8) is 0 Å². The van der Waals surface area contributed by atoms with E-state index >= 15 is 0 Å². The molecule has 1 aliphatic rings. The molecule has 1 unspecified atom stereocenters. The van der Waals surface area contributed by atoms with Gasteiger partial charge in [0.05, 0.1) is 13.0 Å². The molecule has 0 bridgehead atoms. The largest absolute Gasteiger partial charge is 0.469 e. The molecule has 1 saturated carbocycles. The van der Waals surface area contributed by atoms with Crippen LogP contribution in [0.3, 0.4) is 0 Å². The maximum atomic E-state index is 11.6. The molecule has 1 fully saturated rings. The van der Waals surface area contributed by atoms with Gasteiger partial charge >= 0.3 is 5.97 Å². The number of carbonyl (C=O) groups is 1. The van der Waals surface area contributed by atoms with E-state index < -0.39 is 0 Å². The average molecular weight is 204 g/mol. The lowest BCUT2D eigenvalue weighted by Crippen LogP contribution is -2.07. The Morgan fingerprint density at radius 2 is 1.87 bits per heavy atom. The average Bonchev–Trinajstić information content (AvgIpc) is 2.82. The summed E-state index contributed by atoms with van der Waals surface area (Å²) in [6, 6.07) is 10.2. The zero-order chi connectivity index (χ0) is 11.1. The molecule has 0 heterocycles. The standard InChI is InChI=1S/C13H16O2/c1-13(2)10(11(13)12(14)15-3)9-7-5-4-6-8-9/h4-8,10-11H,1-3H3/t10?,11-/m0/s1. The van der Waals surface area contributed by atoms with Crippen LogP contribution in [-0.4, -0.2) is 13.1 Å². The molecule has 0 radical (unpaired) electrons. The van der Waals surface area contributed by atoms with Crippen LogP contribution >= 0.6 is 0 Å². The third-order valence-corrected chi connectivity index (χ3v) is 3.44. The molecule has 0 spiro atoms. The van der Waals surface area contributed by atoms with Gasteiger partial charge < -0.3 is 4.74 Å². The Bertz CT molecular complexity index is 367. The molecule has 0 amide bonds. The van der Waals surface area contributed by atoms with E-state index in [1.807, 2.05) is 18.2 Å². The smallest absolute Gasteiger partial charge is 0.309 e. The molecule has 2 rings (SSSR count). The predicted octanol–water partition coefficient (Wildman–Crippen LogP) is 2.60. The third kappa shape index (κ3) is 1.54. The van der Waals surface area contributed by atoms with Gasteiger partial charge in [-0.2, -0.15) is 0 Å². The first-order chi connectivity index (χ1) is 7.09. The summed E-state index contributed by atoms with van der Waals surface area (Å²) >= 11 is 0. The molecule has 15 heavy (non-hydrogen) atoms. The number of esters is 1. The van der Waals surface area contributed by atoms with Crippen LogP contribution < -0.4 is 0 Å². The molecule has 2 heteroatoms. The molecular formula is C13H16O2. The number of ether oxygens (including phenoxy) is 1. The van der Waals surface area contributed by atoms with Crippen molar-refractivity contribution in [2.75, 3.05) is 7.11 Å². The van der Waals surface area contributed by atoms with Crippen molar-refractivity contribution in [1.29, 1.82) is 0 Å². The minimum atomic E-state index is -0.0890. The molecular weight excluding hydrogens is 188 g/mol. The first kappa shape index (κ1) is 10.2. The molecule has 1 aliphatic carbocycles. The second-order valence-electron chi connectivity index (χ2n) is 4.71. The summed E-state index contributed by atoms with van der Waals surface area (Å²) in [5, 5.41) is 0. The summed E-state index contributed by atoms with van der Waals surface area (Å²) < 4.78 is 4.82. The van der Waals surface area contributed by atoms with E-state index in [9.17, 15) is 4.79 Å². The van der Waals surface area contributed by atoms with Crippen molar-refractivity contribution >= 4 is 5.97 Å². The van der Waals surface area contributed by atoms with Gasteiger partial charge in [-0.05, 0) is 11.0 Å². The van der Waals surface area contributed by atoms with E-state index in [0.29, 0.717) is 5.92 Å². The molecule has 80 valence electrons. The Hall–Kier alpha value is -1.31. The minimum Gasteiger partial charge on any atom is -0.469 e. The monoisotopic (exact) mass is 204 g/mol. The van der Waals surface area contributed by atoms with Crippen LogP contribution in [0.2, 0.25) is 0 Å². The summed E-state index contributed by atoms with van der Waals surface area (Å²) in [6.07, 6.45) is 0. The lowest BCUT2D eigenvalue weighted by molar-refractivity contribution is -0.143. The second kappa shape index (κ2) is 3.37. The van der Waals surface area contributed by atoms with Gasteiger partial charge in [-0.3, -0.25) is 4.79 Å². The zero-order valence-electron chi connectivity index (χ0n) is 9.36. The quantitative estimate of drug-likeness (QED) is 0.692. The van der Waals surface area contributed by atoms with E-state index in [2.05, 4.69) is 26.0 Å². The van der Waals surface area contributed by atoms with Gasteiger partial charge in [0.2, 0.25) is 0 Å². The van der Waals surface area contributed by atoms with Crippen LogP contribution in [0, 0.1) is 11.3 Å². The first-order valence-electron chi connectivity index (χ1n) is 5.22. The fourth-order valence-electron chi connectivity index (χ4n) is 2.49. The number of hydrogen-bond donors (Lipinski definition) is 0. The molecule has 0 saturated heterocycles. The van der Waals surface area contributed by atoms with Crippen molar-refractivity contribution in [1.82, 2.24) is 0 Å². The fourth-order valence-corrected chi connectivity index (χ4v) is 2.49. The van der Waals surface area contributed by atoms with Crippen LogP contribution in [0.5, 0.6) is 0 Å². The third-order valence-electron chi connectivity index (χ3n) is 3.44. The van der Waals surface area contributed by atoms with Gasteiger partial charge in [0.15, 0.2) is 0 Å². The van der Waals surface area contributed by atoms with Crippen molar-refractivity contribution in [2.24, 2.45) is 11.3 Å². The number of methoxy groups -OCH3 is 1. The normalized spacial score (nSPS) is 27.1. The summed E-state index contributed by atoms with van der Waals surface area (Å²) in [5.41, 5.74) is 1.27. The van der Waals surface area contributed by atoms with Gasteiger partial charge in [0.1, 0.15) is 0 Å². The van der Waals surface area contributed by atoms with E-state index in [1.165, 1.54) is 12.7 Å². The molecule has 0 aliphatic heterocycles. The van der Waals surface area contributed by atoms with Crippen LogP contribution in [0.15, 0.2) is 30.3 Å². The van der Waals surface area contributed by atoms with E-state index in [4.69, 9.17) is 4.74 Å². The SMILES string of the molecule is COC(=O)[C@@H]1C(c2ccccc2)C1(C)C. The van der Waals surface area contributed by atoms with Gasteiger partial charge in [-0.25, -0.2) is 0 Å². The van der Waals surface area contributed by atoms with Crippen molar-refractivity contribution in [3.8, 4) is 0 Å². The van der Waals surface area contributed by atoms with Crippen molar-refractivity contribution in [2.45, 2.75) is 19.8 Å². The van der Waals surface area contributed by atoms with Gasteiger partial charge in [-0.1, -0.05) is 44.2 Å². The topological polar surface area (TPSA) is 26.3 Å². The van der Waals surface area contributed by atoms with Gasteiger partial charge in [0, 0.05) is 5.92 Å². The molecule has 0 N–H and O–H groups in total. The van der Waals surface area contributed by atoms with Crippen LogP contribution in [-0.2, 0) is 9.53 Å². The Labute approximate surface area is 90.3 Å². The maximum absolute atomic E-state index is 11.6. The van der Waals surface area contributed by atoms with Crippen LogP contribution in [0.1, 0.15) is 25.3 Å². The fraction of sp³-hybridized carbons (Fsp3) is 0.462. The number of hydrogen-bond acceptors (Lipinski definition) is 2. The highest BCUT2D eigenvalue weighted by Gasteiger charge is 2.62. The lowest BCUT2D eigenvalue weighted by Gasteiger charge is -2.01. The molecule has 2 nitrogen and oxygen atoms in total. The Kier molecular flexibility index (Phi) is 2.29. The lowest BCUT2D eigenvalue weighted by atomic mass is 10.0. The van der Waals surface area contributed by atoms with Crippen molar-refractivity contribution in [3.05, 3.63) is 35.9 Å². The van der Waals surface area contributed by atoms with Gasteiger partial charge in [0.25, 0.3) is 0 Å². The summed E-state index contributed by atoms with van der Waals surface area (Å²) in [6.45, 7) is 4.23. The molecule has 2 atom stereocenters. The Balaban J connectivity index is 2.23. The van der Waals surface area contributed by atoms with Crippen molar-refractivity contribution < 1.29 is 9.53 Å². The van der Waals surface area contributed by atoms with Crippen LogP contribution in [0.4, 0.5) is 0 Å². The second-order valence-corrected chi connectivity index (χ2v) is 4.71. The summed E-state index contributed by atoms with van der Waals surface area (Å²) in [4.78, 5) is 11.6. The Morgan fingerprint density at radius 3 is 2.40 bits per heavy atom. The molecule has 1 aromatic carbocycles. The first-order valence-corrected chi connectivity index (χ1v) is 5.22. The molecule has 0 aromatic heterocycles. The highest BCUT2D eigenvalue weighted by atomic mass is 16.5. The highest BCUT2D eigenvalue weighted by Crippen LogP contribution is 2.64. The predicted molar refractivity (Wildman–Crippen MR) is 58.5 cm³/mol. The highest BCUT2D eigenvalue weighted by molar-refractivity contribution is 5.79. The van der Waals surface area contributed by atoms with Crippen LogP contribution in [0.25, 0.3) is 0 Å². The number of carbonyl (C=O) groups excluding carboxylic acids is 1. The summed E-state index contributed by atoms with van der Waals surface area (Å²) in [5.74, 6) is 0.241. The van der Waals surface area contributed by atoms with E-state index in [0.717, 1.165) is 0 Å². The Morgan fingerprint density at radius 1 is 1.27 bits per heavy atom. The maximum Gasteiger partial charge on any atom is 0.309 e. The number of benzene rings is 1. The summed E-state index contributed by atoms with van der Waals surface area (Å²) in [7, 11) is 1.46. The van der Waals surface area contributed by atoms with Gasteiger partial charge in [-0.15, -0.1) is 0 Å².